The van der Waals surface area contributed by atoms with Crippen LogP contribution >= 0.6 is 0 Å². The third-order valence-electron chi connectivity index (χ3n) is 8.89. The Balaban J connectivity index is 3.63. The van der Waals surface area contributed by atoms with Crippen molar-refractivity contribution in [1.82, 2.24) is 5.32 Å². The van der Waals surface area contributed by atoms with E-state index in [4.69, 9.17) is 0 Å². The molecule has 2 atom stereocenters. The van der Waals surface area contributed by atoms with Gasteiger partial charge in [0.2, 0.25) is 5.91 Å². The maximum absolute atomic E-state index is 12.3. The number of aliphatic hydroxyl groups excluding tert-OH is 2. The van der Waals surface area contributed by atoms with Gasteiger partial charge in [-0.25, -0.2) is 0 Å². The van der Waals surface area contributed by atoms with Crippen molar-refractivity contribution in [2.45, 2.75) is 199 Å². The molecule has 282 valence electrons. The Labute approximate surface area is 304 Å². The molecule has 0 aliphatic rings. The summed E-state index contributed by atoms with van der Waals surface area (Å²) in [5.74, 6) is -0.0870. The maximum atomic E-state index is 12.3. The maximum Gasteiger partial charge on any atom is 0.220 e. The van der Waals surface area contributed by atoms with E-state index in [2.05, 4.69) is 79.9 Å². The topological polar surface area (TPSA) is 69.6 Å². The molecule has 0 rings (SSSR count). The Kier molecular flexibility index (Phi) is 38.5. The largest absolute Gasteiger partial charge is 0.394 e. The van der Waals surface area contributed by atoms with Crippen LogP contribution in [0.15, 0.2) is 72.9 Å². The predicted octanol–water partition coefficient (Wildman–Crippen LogP) is 12.7. The highest BCUT2D eigenvalue weighted by Gasteiger charge is 2.17. The summed E-state index contributed by atoms with van der Waals surface area (Å²) >= 11 is 0. The molecule has 0 bridgehead atoms. The van der Waals surface area contributed by atoms with Gasteiger partial charge < -0.3 is 15.5 Å². The van der Waals surface area contributed by atoms with Gasteiger partial charge in [-0.05, 0) is 77.0 Å². The number of carbonyl (C=O) groups excluding carboxylic acids is 1. The Hall–Kier alpha value is -2.17. The van der Waals surface area contributed by atoms with Crippen molar-refractivity contribution in [2.24, 2.45) is 0 Å². The van der Waals surface area contributed by atoms with Gasteiger partial charge in [0.25, 0.3) is 0 Å². The second-order valence-corrected chi connectivity index (χ2v) is 13.7. The summed E-state index contributed by atoms with van der Waals surface area (Å²) in [6.45, 7) is 4.21. The molecule has 0 aliphatic carbocycles. The van der Waals surface area contributed by atoms with E-state index in [1.54, 1.807) is 6.08 Å². The number of unbranched alkanes of at least 4 members (excludes halogenated alkanes) is 19. The minimum atomic E-state index is -0.873. The molecule has 0 fully saturated rings. The molecule has 0 heterocycles. The minimum Gasteiger partial charge on any atom is -0.394 e. The second-order valence-electron chi connectivity index (χ2n) is 13.7. The number of allylic oxidation sites excluding steroid dienone is 11. The quantitative estimate of drug-likeness (QED) is 0.0455. The molecule has 0 aromatic rings. The normalized spacial score (nSPS) is 13.8. The van der Waals surface area contributed by atoms with E-state index in [-0.39, 0.29) is 12.5 Å². The molecule has 0 saturated heterocycles. The monoisotopic (exact) mass is 682 g/mol. The number of carbonyl (C=O) groups is 1. The molecule has 2 unspecified atom stereocenters. The zero-order valence-electron chi connectivity index (χ0n) is 32.2. The van der Waals surface area contributed by atoms with Gasteiger partial charge in [0, 0.05) is 6.42 Å². The summed E-state index contributed by atoms with van der Waals surface area (Å²) in [6, 6.07) is -0.649. The van der Waals surface area contributed by atoms with Gasteiger partial charge >= 0.3 is 0 Å². The van der Waals surface area contributed by atoms with Gasteiger partial charge in [0.1, 0.15) is 0 Å². The lowest BCUT2D eigenvalue weighted by Gasteiger charge is -2.19. The fourth-order valence-corrected chi connectivity index (χ4v) is 5.67. The first-order valence-corrected chi connectivity index (χ1v) is 20.7. The van der Waals surface area contributed by atoms with E-state index >= 15 is 0 Å². The number of rotatable bonds is 36. The van der Waals surface area contributed by atoms with E-state index in [0.717, 1.165) is 51.4 Å². The summed E-state index contributed by atoms with van der Waals surface area (Å²) in [4.78, 5) is 12.3. The summed E-state index contributed by atoms with van der Waals surface area (Å²) < 4.78 is 0. The highest BCUT2D eigenvalue weighted by molar-refractivity contribution is 5.76. The Morgan fingerprint density at radius 3 is 1.39 bits per heavy atom. The van der Waals surface area contributed by atoms with Crippen molar-refractivity contribution >= 4 is 5.91 Å². The van der Waals surface area contributed by atoms with Crippen LogP contribution in [-0.4, -0.2) is 34.9 Å². The first-order chi connectivity index (χ1) is 24.2. The van der Waals surface area contributed by atoms with Crippen LogP contribution in [0.25, 0.3) is 0 Å². The lowest BCUT2D eigenvalue weighted by Crippen LogP contribution is -2.45. The smallest absolute Gasteiger partial charge is 0.220 e. The van der Waals surface area contributed by atoms with Crippen molar-refractivity contribution in [3.8, 4) is 0 Å². The van der Waals surface area contributed by atoms with Crippen LogP contribution in [0, 0.1) is 0 Å². The Bertz CT molecular complexity index is 868. The molecule has 1 amide bonds. The van der Waals surface area contributed by atoms with Gasteiger partial charge in [-0.3, -0.25) is 4.79 Å². The molecule has 0 aromatic heterocycles. The zero-order valence-corrected chi connectivity index (χ0v) is 32.2. The van der Waals surface area contributed by atoms with E-state index in [1.807, 2.05) is 6.08 Å². The number of amides is 1. The van der Waals surface area contributed by atoms with Crippen LogP contribution in [-0.2, 0) is 4.79 Å². The van der Waals surface area contributed by atoms with E-state index in [0.29, 0.717) is 6.42 Å². The van der Waals surface area contributed by atoms with Crippen molar-refractivity contribution in [3.05, 3.63) is 72.9 Å². The van der Waals surface area contributed by atoms with Crippen molar-refractivity contribution in [2.75, 3.05) is 6.61 Å². The molecule has 0 saturated carbocycles. The molecule has 3 N–H and O–H groups in total. The van der Waals surface area contributed by atoms with Crippen LogP contribution in [0.3, 0.4) is 0 Å². The van der Waals surface area contributed by atoms with E-state index in [1.165, 1.54) is 116 Å². The highest BCUT2D eigenvalue weighted by atomic mass is 16.3. The first-order valence-electron chi connectivity index (χ1n) is 20.7. The average Bonchev–Trinajstić information content (AvgIpc) is 3.10. The molecule has 0 aliphatic heterocycles. The molecule has 0 aromatic carbocycles. The van der Waals surface area contributed by atoms with Gasteiger partial charge in [-0.15, -0.1) is 0 Å². The molecular weight excluding hydrogens is 602 g/mol. The lowest BCUT2D eigenvalue weighted by molar-refractivity contribution is -0.123. The zero-order chi connectivity index (χ0) is 35.7. The highest BCUT2D eigenvalue weighted by Crippen LogP contribution is 2.13. The Morgan fingerprint density at radius 2 is 0.878 bits per heavy atom. The molecular formula is C45H79NO3. The summed E-state index contributed by atoms with van der Waals surface area (Å²) in [7, 11) is 0. The third kappa shape index (κ3) is 36.9. The number of nitrogens with one attached hydrogen (secondary N) is 1. The fourth-order valence-electron chi connectivity index (χ4n) is 5.67. The van der Waals surface area contributed by atoms with E-state index in [9.17, 15) is 15.0 Å². The molecule has 49 heavy (non-hydrogen) atoms. The van der Waals surface area contributed by atoms with Crippen LogP contribution in [0.2, 0.25) is 0 Å². The molecule has 0 spiro atoms. The van der Waals surface area contributed by atoms with Crippen LogP contribution < -0.4 is 5.32 Å². The summed E-state index contributed by atoms with van der Waals surface area (Å²) in [5.41, 5.74) is 0. The molecule has 4 nitrogen and oxygen atoms in total. The fraction of sp³-hybridized carbons (Fsp3) is 0.711. The van der Waals surface area contributed by atoms with Gasteiger partial charge in [-0.2, -0.15) is 0 Å². The SMILES string of the molecule is CCCC/C=C/CC/C=C/CC/C=C/C(O)C(CO)NC(=O)CCCCCCCCCCCC/C=C\C/C=C\C/C=C\CCCCCCC. The third-order valence-corrected chi connectivity index (χ3v) is 8.89. The van der Waals surface area contributed by atoms with Crippen molar-refractivity contribution in [1.29, 1.82) is 0 Å². The number of aliphatic hydroxyl groups is 2. The number of hydrogen-bond donors (Lipinski definition) is 3. The summed E-state index contributed by atoms with van der Waals surface area (Å²) in [5, 5.41) is 22.9. The van der Waals surface area contributed by atoms with Crippen LogP contribution in [0.4, 0.5) is 0 Å². The average molecular weight is 682 g/mol. The standard InChI is InChI=1S/C45H79NO3/c1-3-5-7-9-11-13-15-17-18-19-20-21-22-23-24-25-26-27-28-29-31-33-35-37-39-41-45(49)46-43(42-47)44(48)40-38-36-34-32-30-16-14-12-10-8-6-4-2/h10,12,15,17,19-20,22-23,30,32,38,40,43-44,47-48H,3-9,11,13-14,16,18,21,24-29,31,33-37,39,41-42H2,1-2H3,(H,46,49)/b12-10+,17-15-,20-19-,23-22-,32-30+,40-38+. The van der Waals surface area contributed by atoms with Gasteiger partial charge in [0.05, 0.1) is 18.8 Å². The number of hydrogen-bond acceptors (Lipinski definition) is 3. The van der Waals surface area contributed by atoms with Gasteiger partial charge in [-0.1, -0.05) is 177 Å². The predicted molar refractivity (Wildman–Crippen MR) is 216 cm³/mol. The van der Waals surface area contributed by atoms with Crippen LogP contribution in [0.1, 0.15) is 187 Å². The minimum absolute atomic E-state index is 0.0870. The van der Waals surface area contributed by atoms with Crippen molar-refractivity contribution < 1.29 is 15.0 Å². The summed E-state index contributed by atoms with van der Waals surface area (Å²) in [6.07, 6.45) is 57.1. The second kappa shape index (κ2) is 40.3. The molecule has 0 radical (unpaired) electrons. The van der Waals surface area contributed by atoms with Gasteiger partial charge in [0.15, 0.2) is 0 Å². The lowest BCUT2D eigenvalue weighted by atomic mass is 10.0. The first kappa shape index (κ1) is 46.8. The Morgan fingerprint density at radius 1 is 0.490 bits per heavy atom. The van der Waals surface area contributed by atoms with Crippen LogP contribution in [0.5, 0.6) is 0 Å². The molecule has 4 heteroatoms. The van der Waals surface area contributed by atoms with E-state index < -0.39 is 12.1 Å². The van der Waals surface area contributed by atoms with Crippen molar-refractivity contribution in [3.63, 3.8) is 0 Å².